The van der Waals surface area contributed by atoms with Gasteiger partial charge < -0.3 is 9.84 Å². The molecule has 2 aliphatic carbocycles. The molecule has 2 bridgehead atoms. The second kappa shape index (κ2) is 5.63. The Labute approximate surface area is 115 Å². The van der Waals surface area contributed by atoms with Crippen molar-refractivity contribution in [1.82, 2.24) is 15.4 Å². The van der Waals surface area contributed by atoms with E-state index in [4.69, 9.17) is 4.52 Å². The van der Waals surface area contributed by atoms with E-state index in [-0.39, 0.29) is 0 Å². The van der Waals surface area contributed by atoms with Crippen molar-refractivity contribution in [3.8, 4) is 0 Å². The second-order valence-corrected chi connectivity index (χ2v) is 6.45. The minimum atomic E-state index is 0.777. The Morgan fingerprint density at radius 2 is 2.32 bits per heavy atom. The second-order valence-electron chi connectivity index (χ2n) is 6.45. The Hall–Kier alpha value is -0.870. The van der Waals surface area contributed by atoms with E-state index >= 15 is 0 Å². The molecule has 3 atom stereocenters. The highest BCUT2D eigenvalue weighted by Crippen LogP contribution is 2.48. The first kappa shape index (κ1) is 13.1. The van der Waals surface area contributed by atoms with Gasteiger partial charge in [-0.25, -0.2) is 0 Å². The first-order valence-electron chi connectivity index (χ1n) is 7.52. The summed E-state index contributed by atoms with van der Waals surface area (Å²) in [5.41, 5.74) is 0.992. The van der Waals surface area contributed by atoms with Crippen LogP contribution in [0.3, 0.4) is 0 Å². The molecule has 1 aromatic heterocycles. The maximum atomic E-state index is 5.38. The summed E-state index contributed by atoms with van der Waals surface area (Å²) in [6.07, 6.45) is 5.90. The fourth-order valence-electron chi connectivity index (χ4n) is 4.03. The molecule has 4 nitrogen and oxygen atoms in total. The van der Waals surface area contributed by atoms with Crippen molar-refractivity contribution >= 4 is 0 Å². The van der Waals surface area contributed by atoms with E-state index in [1.54, 1.807) is 0 Å². The summed E-state index contributed by atoms with van der Waals surface area (Å²) >= 11 is 0. The lowest BCUT2D eigenvalue weighted by atomic mass is 9.88. The lowest BCUT2D eigenvalue weighted by Crippen LogP contribution is -2.28. The number of hydrogen-bond donors (Lipinski definition) is 1. The molecule has 1 aromatic rings. The van der Waals surface area contributed by atoms with Crippen LogP contribution in [0.2, 0.25) is 0 Å². The molecule has 3 rings (SSSR count). The molecule has 2 fully saturated rings. The Kier molecular flexibility index (Phi) is 3.89. The van der Waals surface area contributed by atoms with E-state index in [2.05, 4.69) is 28.5 Å². The van der Waals surface area contributed by atoms with Gasteiger partial charge in [0.2, 0.25) is 0 Å². The Balaban J connectivity index is 1.49. The van der Waals surface area contributed by atoms with Crippen LogP contribution in [0.1, 0.15) is 37.1 Å². The molecular weight excluding hydrogens is 238 g/mol. The molecule has 0 spiro atoms. The molecule has 0 radical (unpaired) electrons. The fraction of sp³-hybridized carbons (Fsp3) is 0.800. The summed E-state index contributed by atoms with van der Waals surface area (Å²) < 4.78 is 5.38. The van der Waals surface area contributed by atoms with Crippen LogP contribution in [0, 0.1) is 17.8 Å². The molecular formula is C15H25N3O. The van der Waals surface area contributed by atoms with E-state index in [1.165, 1.54) is 32.2 Å². The van der Waals surface area contributed by atoms with Gasteiger partial charge in [-0.1, -0.05) is 11.6 Å². The predicted octanol–water partition coefficient (Wildman–Crippen LogP) is 2.26. The Bertz CT molecular complexity index is 417. The van der Waals surface area contributed by atoms with Crippen LogP contribution in [0.15, 0.2) is 10.6 Å². The van der Waals surface area contributed by atoms with E-state index in [9.17, 15) is 0 Å². The third kappa shape index (κ3) is 3.00. The molecule has 0 aromatic carbocycles. The van der Waals surface area contributed by atoms with E-state index < -0.39 is 0 Å². The average Bonchev–Trinajstić information content (AvgIpc) is 3.06. The third-order valence-electron chi connectivity index (χ3n) is 4.82. The van der Waals surface area contributed by atoms with Crippen molar-refractivity contribution in [3.63, 3.8) is 0 Å². The van der Waals surface area contributed by atoms with Gasteiger partial charge in [0, 0.05) is 19.2 Å². The van der Waals surface area contributed by atoms with Gasteiger partial charge in [0.05, 0.1) is 12.2 Å². The van der Waals surface area contributed by atoms with Crippen molar-refractivity contribution in [1.29, 1.82) is 0 Å². The first-order chi connectivity index (χ1) is 9.24. The first-order valence-corrected chi connectivity index (χ1v) is 7.52. The van der Waals surface area contributed by atoms with E-state index in [0.717, 1.165) is 42.3 Å². The van der Waals surface area contributed by atoms with Crippen LogP contribution < -0.4 is 5.32 Å². The van der Waals surface area contributed by atoms with Crippen molar-refractivity contribution in [2.24, 2.45) is 17.8 Å². The monoisotopic (exact) mass is 263 g/mol. The SMILES string of the molecule is CNCc1cc(CN(C)CC2CC3CCC2C3)on1. The van der Waals surface area contributed by atoms with Gasteiger partial charge in [0.1, 0.15) is 0 Å². The van der Waals surface area contributed by atoms with Gasteiger partial charge in [-0.3, -0.25) is 4.90 Å². The fourth-order valence-corrected chi connectivity index (χ4v) is 4.03. The Morgan fingerprint density at radius 3 is 3.00 bits per heavy atom. The highest BCUT2D eigenvalue weighted by atomic mass is 16.5. The van der Waals surface area contributed by atoms with Gasteiger partial charge in [-0.2, -0.15) is 0 Å². The van der Waals surface area contributed by atoms with Crippen LogP contribution in [0.4, 0.5) is 0 Å². The lowest BCUT2D eigenvalue weighted by molar-refractivity contribution is 0.198. The van der Waals surface area contributed by atoms with Gasteiger partial charge in [-0.15, -0.1) is 0 Å². The summed E-state index contributed by atoms with van der Waals surface area (Å²) in [5.74, 6) is 3.94. The maximum absolute atomic E-state index is 5.38. The van der Waals surface area contributed by atoms with Crippen molar-refractivity contribution in [3.05, 3.63) is 17.5 Å². The number of nitrogens with one attached hydrogen (secondary N) is 1. The molecule has 0 aliphatic heterocycles. The summed E-state index contributed by atoms with van der Waals surface area (Å²) in [7, 11) is 4.13. The number of rotatable bonds is 6. The lowest BCUT2D eigenvalue weighted by Gasteiger charge is -2.26. The summed E-state index contributed by atoms with van der Waals surface area (Å²) in [4.78, 5) is 2.40. The predicted molar refractivity (Wildman–Crippen MR) is 74.5 cm³/mol. The highest BCUT2D eigenvalue weighted by Gasteiger charge is 2.39. The zero-order valence-electron chi connectivity index (χ0n) is 12.1. The number of nitrogens with zero attached hydrogens (tertiary/aromatic N) is 2. The summed E-state index contributed by atoms with van der Waals surface area (Å²) in [6, 6.07) is 2.06. The molecule has 19 heavy (non-hydrogen) atoms. The molecule has 4 heteroatoms. The van der Waals surface area contributed by atoms with Crippen LogP contribution >= 0.6 is 0 Å². The zero-order valence-corrected chi connectivity index (χ0v) is 12.1. The molecule has 0 amide bonds. The zero-order chi connectivity index (χ0) is 13.2. The maximum Gasteiger partial charge on any atom is 0.151 e. The van der Waals surface area contributed by atoms with Crippen LogP contribution in [0.5, 0.6) is 0 Å². The summed E-state index contributed by atoms with van der Waals surface area (Å²) in [6.45, 7) is 2.87. The van der Waals surface area contributed by atoms with Crippen molar-refractivity contribution in [2.45, 2.75) is 38.8 Å². The molecule has 2 saturated carbocycles. The topological polar surface area (TPSA) is 41.3 Å². The molecule has 1 heterocycles. The molecule has 0 saturated heterocycles. The van der Waals surface area contributed by atoms with Crippen LogP contribution in [0.25, 0.3) is 0 Å². The number of hydrogen-bond acceptors (Lipinski definition) is 4. The minimum Gasteiger partial charge on any atom is -0.360 e. The standard InChI is InChI=1S/C15H25N3O/c1-16-8-14-7-15(19-17-14)10-18(2)9-13-6-11-3-4-12(13)5-11/h7,11-13,16H,3-6,8-10H2,1-2H3. The van der Waals surface area contributed by atoms with Gasteiger partial charge in [0.15, 0.2) is 5.76 Å². The third-order valence-corrected chi connectivity index (χ3v) is 4.82. The number of fused-ring (bicyclic) bond motifs is 2. The van der Waals surface area contributed by atoms with Crippen LogP contribution in [-0.2, 0) is 13.1 Å². The Morgan fingerprint density at radius 1 is 1.42 bits per heavy atom. The average molecular weight is 263 g/mol. The van der Waals surface area contributed by atoms with E-state index in [0.29, 0.717) is 0 Å². The van der Waals surface area contributed by atoms with Crippen molar-refractivity contribution in [2.75, 3.05) is 20.6 Å². The molecule has 106 valence electrons. The minimum absolute atomic E-state index is 0.777. The van der Waals surface area contributed by atoms with Gasteiger partial charge >= 0.3 is 0 Å². The normalized spacial score (nSPS) is 29.5. The van der Waals surface area contributed by atoms with E-state index in [1.807, 2.05) is 7.05 Å². The largest absolute Gasteiger partial charge is 0.360 e. The molecule has 1 N–H and O–H groups in total. The van der Waals surface area contributed by atoms with Crippen molar-refractivity contribution < 1.29 is 4.52 Å². The number of aromatic nitrogens is 1. The molecule has 3 unspecified atom stereocenters. The van der Waals surface area contributed by atoms with Crippen LogP contribution in [-0.4, -0.2) is 30.7 Å². The highest BCUT2D eigenvalue weighted by molar-refractivity contribution is 5.05. The van der Waals surface area contributed by atoms with Gasteiger partial charge in [-0.05, 0) is 51.1 Å². The van der Waals surface area contributed by atoms with Gasteiger partial charge in [0.25, 0.3) is 0 Å². The molecule has 2 aliphatic rings. The quantitative estimate of drug-likeness (QED) is 0.855. The summed E-state index contributed by atoms with van der Waals surface area (Å²) in [5, 5.41) is 7.16. The smallest absolute Gasteiger partial charge is 0.151 e.